The highest BCUT2D eigenvalue weighted by Gasteiger charge is 2.83. The van der Waals surface area contributed by atoms with Crippen LogP contribution in [0.1, 0.15) is 0 Å². The molecule has 1 saturated heterocycles. The predicted molar refractivity (Wildman–Crippen MR) is 53.6 cm³/mol. The molecular weight excluding hydrogens is 224 g/mol. The number of methoxy groups -OCH3 is 2. The molecule has 0 bridgehead atoms. The predicted octanol–water partition coefficient (Wildman–Crippen LogP) is -0.162. The molecule has 3 aliphatic carbocycles. The van der Waals surface area contributed by atoms with Crippen LogP contribution in [0, 0.1) is 35.5 Å². The molecule has 3 saturated carbocycles. The topological polar surface area (TPSA) is 65.1 Å². The van der Waals surface area contributed by atoms with E-state index in [0.29, 0.717) is 23.7 Å². The third-order valence-corrected chi connectivity index (χ3v) is 4.98. The maximum Gasteiger partial charge on any atom is 0.309 e. The SMILES string of the molecule is COC(=O)[C@@H]1[C@H]2[C@H]3[C@H](C(=O)OC)[C@H]3[C@H]3O[C@H]3[C@@H]12. The second-order valence-corrected chi connectivity index (χ2v) is 5.47. The number of carbonyl (C=O) groups is 2. The van der Waals surface area contributed by atoms with Crippen molar-refractivity contribution >= 4 is 11.9 Å². The Morgan fingerprint density at radius 1 is 0.824 bits per heavy atom. The zero-order valence-corrected chi connectivity index (χ0v) is 9.66. The molecule has 5 heteroatoms. The standard InChI is InChI=1S/C12H14O5/c1-15-11(13)7-3-4-6(8(4)12(14)16-2)10-9(17-10)5(3)7/h3-10H,1-2H3/t3-,4+,5+,6-,7+,8-,9-,10+. The highest BCUT2D eigenvalue weighted by atomic mass is 16.6. The Labute approximate surface area is 98.4 Å². The Morgan fingerprint density at radius 2 is 1.24 bits per heavy atom. The first-order valence-corrected chi connectivity index (χ1v) is 6.02. The highest BCUT2D eigenvalue weighted by Crippen LogP contribution is 2.76. The first-order valence-electron chi connectivity index (χ1n) is 6.02. The van der Waals surface area contributed by atoms with Crippen LogP contribution >= 0.6 is 0 Å². The number of carbonyl (C=O) groups excluding carboxylic acids is 2. The van der Waals surface area contributed by atoms with Crippen molar-refractivity contribution in [2.45, 2.75) is 12.2 Å². The fraction of sp³-hybridized carbons (Fsp3) is 0.833. The van der Waals surface area contributed by atoms with Gasteiger partial charge in [-0.25, -0.2) is 0 Å². The van der Waals surface area contributed by atoms with Gasteiger partial charge in [0.2, 0.25) is 0 Å². The molecule has 0 aromatic carbocycles. The van der Waals surface area contributed by atoms with Gasteiger partial charge in [0.15, 0.2) is 0 Å². The van der Waals surface area contributed by atoms with Crippen molar-refractivity contribution in [2.24, 2.45) is 35.5 Å². The van der Waals surface area contributed by atoms with Gasteiger partial charge in [-0.1, -0.05) is 0 Å². The van der Waals surface area contributed by atoms with Crippen LogP contribution in [0.3, 0.4) is 0 Å². The summed E-state index contributed by atoms with van der Waals surface area (Å²) in [5, 5.41) is 0. The Bertz CT molecular complexity index is 381. The number of rotatable bonds is 2. The summed E-state index contributed by atoms with van der Waals surface area (Å²) in [5.41, 5.74) is 0. The molecule has 4 rings (SSSR count). The second-order valence-electron chi connectivity index (χ2n) is 5.47. The Kier molecular flexibility index (Phi) is 1.64. The van der Waals surface area contributed by atoms with Crippen LogP contribution in [-0.4, -0.2) is 38.4 Å². The number of epoxide rings is 1. The third kappa shape index (κ3) is 1.04. The summed E-state index contributed by atoms with van der Waals surface area (Å²) in [7, 11) is 2.83. The minimum atomic E-state index is -0.148. The average molecular weight is 238 g/mol. The van der Waals surface area contributed by atoms with E-state index in [2.05, 4.69) is 0 Å². The van der Waals surface area contributed by atoms with E-state index in [9.17, 15) is 9.59 Å². The number of hydrogen-bond acceptors (Lipinski definition) is 5. The summed E-state index contributed by atoms with van der Waals surface area (Å²) >= 11 is 0. The van der Waals surface area contributed by atoms with Crippen LogP contribution < -0.4 is 0 Å². The number of hydrogen-bond donors (Lipinski definition) is 0. The Balaban J connectivity index is 1.58. The number of ether oxygens (including phenoxy) is 3. The molecule has 0 spiro atoms. The van der Waals surface area contributed by atoms with Gasteiger partial charge in [-0.05, 0) is 11.8 Å². The quantitative estimate of drug-likeness (QED) is 0.494. The van der Waals surface area contributed by atoms with Gasteiger partial charge in [-0.2, -0.15) is 0 Å². The summed E-state index contributed by atoms with van der Waals surface area (Å²) in [6, 6.07) is 0. The molecule has 4 fully saturated rings. The summed E-state index contributed by atoms with van der Waals surface area (Å²) in [6.07, 6.45) is 0.389. The maximum absolute atomic E-state index is 11.6. The van der Waals surface area contributed by atoms with Crippen LogP contribution in [-0.2, 0) is 23.8 Å². The van der Waals surface area contributed by atoms with Crippen molar-refractivity contribution in [3.05, 3.63) is 0 Å². The third-order valence-electron chi connectivity index (χ3n) is 4.98. The van der Waals surface area contributed by atoms with Crippen LogP contribution in [0.25, 0.3) is 0 Å². The highest BCUT2D eigenvalue weighted by molar-refractivity contribution is 5.81. The van der Waals surface area contributed by atoms with E-state index in [1.54, 1.807) is 0 Å². The monoisotopic (exact) mass is 238 g/mol. The molecule has 0 aromatic heterocycles. The summed E-state index contributed by atoms with van der Waals surface area (Å²) in [5.74, 6) is 0.794. The molecule has 92 valence electrons. The average Bonchev–Trinajstić information content (AvgIpc) is 3.18. The molecule has 0 amide bonds. The second kappa shape index (κ2) is 2.83. The maximum atomic E-state index is 11.6. The van der Waals surface area contributed by atoms with Crippen molar-refractivity contribution < 1.29 is 23.8 Å². The van der Waals surface area contributed by atoms with E-state index in [4.69, 9.17) is 14.2 Å². The lowest BCUT2D eigenvalue weighted by molar-refractivity contribution is -0.144. The van der Waals surface area contributed by atoms with Crippen molar-refractivity contribution in [2.75, 3.05) is 14.2 Å². The van der Waals surface area contributed by atoms with Gasteiger partial charge in [0, 0.05) is 11.8 Å². The van der Waals surface area contributed by atoms with Crippen molar-refractivity contribution in [1.29, 1.82) is 0 Å². The number of esters is 2. The molecule has 8 atom stereocenters. The molecule has 0 radical (unpaired) electrons. The summed E-state index contributed by atoms with van der Waals surface area (Å²) in [4.78, 5) is 23.2. The van der Waals surface area contributed by atoms with Crippen LogP contribution in [0.2, 0.25) is 0 Å². The Hall–Kier alpha value is -1.10. The smallest absolute Gasteiger partial charge is 0.309 e. The van der Waals surface area contributed by atoms with Crippen LogP contribution in [0.4, 0.5) is 0 Å². The molecule has 1 aliphatic heterocycles. The van der Waals surface area contributed by atoms with Crippen LogP contribution in [0.15, 0.2) is 0 Å². The fourth-order valence-corrected chi connectivity index (χ4v) is 4.21. The zero-order valence-electron chi connectivity index (χ0n) is 9.66. The molecule has 1 heterocycles. The minimum Gasteiger partial charge on any atom is -0.469 e. The van der Waals surface area contributed by atoms with E-state index < -0.39 is 0 Å². The first-order chi connectivity index (χ1) is 8.20. The first kappa shape index (κ1) is 9.88. The largest absolute Gasteiger partial charge is 0.469 e. The molecule has 17 heavy (non-hydrogen) atoms. The van der Waals surface area contributed by atoms with E-state index in [-0.39, 0.29) is 36.0 Å². The molecule has 0 aromatic rings. The molecule has 0 N–H and O–H groups in total. The van der Waals surface area contributed by atoms with Gasteiger partial charge < -0.3 is 14.2 Å². The van der Waals surface area contributed by atoms with Gasteiger partial charge in [-0.15, -0.1) is 0 Å². The molecule has 5 nitrogen and oxygen atoms in total. The normalized spacial score (nSPS) is 55.9. The zero-order chi connectivity index (χ0) is 11.9. The van der Waals surface area contributed by atoms with Gasteiger partial charge in [0.1, 0.15) is 0 Å². The summed E-state index contributed by atoms with van der Waals surface area (Å²) in [6.45, 7) is 0. The lowest BCUT2D eigenvalue weighted by atomic mass is 10.0. The molecule has 4 aliphatic rings. The fourth-order valence-electron chi connectivity index (χ4n) is 4.21. The van der Waals surface area contributed by atoms with Crippen molar-refractivity contribution in [3.8, 4) is 0 Å². The van der Waals surface area contributed by atoms with Crippen LogP contribution in [0.5, 0.6) is 0 Å². The van der Waals surface area contributed by atoms with Gasteiger partial charge in [-0.3, -0.25) is 9.59 Å². The van der Waals surface area contributed by atoms with Gasteiger partial charge in [0.25, 0.3) is 0 Å². The lowest BCUT2D eigenvalue weighted by Gasteiger charge is -1.98. The lowest BCUT2D eigenvalue weighted by Crippen LogP contribution is -2.10. The Morgan fingerprint density at radius 3 is 1.59 bits per heavy atom. The molecule has 0 unspecified atom stereocenters. The van der Waals surface area contributed by atoms with Crippen molar-refractivity contribution in [1.82, 2.24) is 0 Å². The van der Waals surface area contributed by atoms with Crippen molar-refractivity contribution in [3.63, 3.8) is 0 Å². The van der Waals surface area contributed by atoms with Gasteiger partial charge in [0.05, 0.1) is 38.3 Å². The molecular formula is C12H14O5. The van der Waals surface area contributed by atoms with E-state index in [1.807, 2.05) is 0 Å². The van der Waals surface area contributed by atoms with E-state index >= 15 is 0 Å². The number of fused-ring (bicyclic) bond motifs is 6. The van der Waals surface area contributed by atoms with E-state index in [0.717, 1.165) is 0 Å². The van der Waals surface area contributed by atoms with Gasteiger partial charge >= 0.3 is 11.9 Å². The minimum absolute atomic E-state index is 0.0420. The summed E-state index contributed by atoms with van der Waals surface area (Å²) < 4.78 is 15.2. The van der Waals surface area contributed by atoms with E-state index in [1.165, 1.54) is 14.2 Å².